The zero-order valence-corrected chi connectivity index (χ0v) is 9.01. The summed E-state index contributed by atoms with van der Waals surface area (Å²) in [5, 5.41) is 3.34. The highest BCUT2D eigenvalue weighted by atomic mass is 14.9. The minimum atomic E-state index is 1.03. The lowest BCUT2D eigenvalue weighted by Crippen LogP contribution is -2.23. The highest BCUT2D eigenvalue weighted by Crippen LogP contribution is 2.11. The van der Waals surface area contributed by atoms with Crippen LogP contribution in [0.3, 0.4) is 0 Å². The fraction of sp³-hybridized carbons (Fsp3) is 0.545. The van der Waals surface area contributed by atoms with E-state index in [1.807, 2.05) is 20.0 Å². The Balaban J connectivity index is 0.000000461. The average molecular weight is 193 g/mol. The van der Waals surface area contributed by atoms with E-state index < -0.39 is 0 Å². The van der Waals surface area contributed by atoms with Crippen molar-refractivity contribution >= 4 is 6.08 Å². The van der Waals surface area contributed by atoms with Gasteiger partial charge in [0.2, 0.25) is 0 Å². The van der Waals surface area contributed by atoms with Crippen LogP contribution in [0.2, 0.25) is 0 Å². The molecule has 3 nitrogen and oxygen atoms in total. The van der Waals surface area contributed by atoms with Crippen molar-refractivity contribution in [2.45, 2.75) is 26.7 Å². The Morgan fingerprint density at radius 3 is 2.86 bits per heavy atom. The number of nitrogens with one attached hydrogen (secondary N) is 2. The molecule has 2 heterocycles. The minimum absolute atomic E-state index is 1.03. The van der Waals surface area contributed by atoms with Crippen molar-refractivity contribution in [3.8, 4) is 0 Å². The predicted molar refractivity (Wildman–Crippen MR) is 60.0 cm³/mol. The van der Waals surface area contributed by atoms with Gasteiger partial charge < -0.3 is 10.3 Å². The third-order valence-electron chi connectivity index (χ3n) is 2.08. The first-order valence-corrected chi connectivity index (χ1v) is 5.34. The summed E-state index contributed by atoms with van der Waals surface area (Å²) in [6.07, 6.45) is 8.20. The molecule has 0 radical (unpaired) electrons. The molecular weight excluding hydrogens is 174 g/mol. The van der Waals surface area contributed by atoms with E-state index in [2.05, 4.69) is 21.4 Å². The summed E-state index contributed by atoms with van der Waals surface area (Å²) >= 11 is 0. The minimum Gasteiger partial charge on any atom is -0.345 e. The van der Waals surface area contributed by atoms with Crippen LogP contribution in [0.5, 0.6) is 0 Å². The number of hydrogen-bond acceptors (Lipinski definition) is 2. The molecule has 1 fully saturated rings. The second-order valence-electron chi connectivity index (χ2n) is 3.09. The van der Waals surface area contributed by atoms with Gasteiger partial charge in [-0.2, -0.15) is 0 Å². The van der Waals surface area contributed by atoms with E-state index in [9.17, 15) is 0 Å². The molecule has 0 saturated carbocycles. The smallest absolute Gasteiger partial charge is 0.0924 e. The summed E-state index contributed by atoms with van der Waals surface area (Å²) in [7, 11) is 0. The normalized spacial score (nSPS) is 18.9. The molecule has 0 amide bonds. The van der Waals surface area contributed by atoms with Crippen molar-refractivity contribution in [2.24, 2.45) is 0 Å². The van der Waals surface area contributed by atoms with Gasteiger partial charge in [-0.05, 0) is 25.5 Å². The van der Waals surface area contributed by atoms with Crippen LogP contribution >= 0.6 is 0 Å². The van der Waals surface area contributed by atoms with Crippen molar-refractivity contribution < 1.29 is 0 Å². The fourth-order valence-electron chi connectivity index (χ4n) is 1.47. The first kappa shape index (κ1) is 11.0. The lowest BCUT2D eigenvalue weighted by molar-refractivity contribution is 0.613. The monoisotopic (exact) mass is 193 g/mol. The molecule has 0 aromatic carbocycles. The van der Waals surface area contributed by atoms with Crippen LogP contribution in [0.4, 0.5) is 0 Å². The van der Waals surface area contributed by atoms with Gasteiger partial charge in [-0.3, -0.25) is 0 Å². The molecule has 2 N–H and O–H groups in total. The van der Waals surface area contributed by atoms with Crippen molar-refractivity contribution in [1.82, 2.24) is 15.3 Å². The average Bonchev–Trinajstić information content (AvgIpc) is 2.75. The SMILES string of the molecule is C(=C1/CCCNC1)/c1cnc[nH]1.CC. The highest BCUT2D eigenvalue weighted by molar-refractivity contribution is 5.48. The third kappa shape index (κ3) is 3.34. The molecule has 2 rings (SSSR count). The van der Waals surface area contributed by atoms with Gasteiger partial charge in [0.15, 0.2) is 0 Å². The van der Waals surface area contributed by atoms with E-state index in [-0.39, 0.29) is 0 Å². The Morgan fingerprint density at radius 1 is 1.43 bits per heavy atom. The van der Waals surface area contributed by atoms with Gasteiger partial charge in [-0.25, -0.2) is 4.98 Å². The van der Waals surface area contributed by atoms with Gasteiger partial charge in [0.25, 0.3) is 0 Å². The van der Waals surface area contributed by atoms with Gasteiger partial charge in [0.1, 0.15) is 0 Å². The van der Waals surface area contributed by atoms with Crippen LogP contribution in [-0.2, 0) is 0 Å². The van der Waals surface area contributed by atoms with Gasteiger partial charge in [0, 0.05) is 6.54 Å². The van der Waals surface area contributed by atoms with Crippen LogP contribution in [0.1, 0.15) is 32.4 Å². The standard InChI is InChI=1S/C9H13N3.C2H6/c1-2-8(5-10-3-1)4-9-6-11-7-12-9;1-2/h4,6-7,10H,1-3,5H2,(H,11,12);1-2H3/b8-4+;. The molecule has 1 aliphatic heterocycles. The molecule has 1 aromatic heterocycles. The number of H-pyrrole nitrogens is 1. The number of aromatic amines is 1. The highest BCUT2D eigenvalue weighted by Gasteiger charge is 2.03. The molecular formula is C11H19N3. The molecule has 0 unspecified atom stereocenters. The summed E-state index contributed by atoms with van der Waals surface area (Å²) in [6, 6.07) is 0. The summed E-state index contributed by atoms with van der Waals surface area (Å²) < 4.78 is 0. The van der Waals surface area contributed by atoms with E-state index in [1.165, 1.54) is 18.4 Å². The van der Waals surface area contributed by atoms with E-state index >= 15 is 0 Å². The number of hydrogen-bond donors (Lipinski definition) is 2. The quantitative estimate of drug-likeness (QED) is 0.718. The van der Waals surface area contributed by atoms with E-state index in [1.54, 1.807) is 6.33 Å². The van der Waals surface area contributed by atoms with Gasteiger partial charge >= 0.3 is 0 Å². The van der Waals surface area contributed by atoms with Gasteiger partial charge in [0.05, 0.1) is 18.2 Å². The summed E-state index contributed by atoms with van der Waals surface area (Å²) in [5.41, 5.74) is 2.57. The Morgan fingerprint density at radius 2 is 2.29 bits per heavy atom. The van der Waals surface area contributed by atoms with Gasteiger partial charge in [-0.1, -0.05) is 19.4 Å². The number of aromatic nitrogens is 2. The van der Waals surface area contributed by atoms with E-state index in [0.29, 0.717) is 0 Å². The molecule has 0 bridgehead atoms. The number of rotatable bonds is 1. The molecule has 78 valence electrons. The van der Waals surface area contributed by atoms with Crippen LogP contribution < -0.4 is 5.32 Å². The Labute approximate surface area is 85.6 Å². The largest absolute Gasteiger partial charge is 0.345 e. The van der Waals surface area contributed by atoms with Crippen LogP contribution in [-0.4, -0.2) is 23.1 Å². The number of imidazole rings is 1. The second kappa shape index (κ2) is 6.38. The Kier molecular flexibility index (Phi) is 5.00. The second-order valence-corrected chi connectivity index (χ2v) is 3.09. The Bertz CT molecular complexity index is 254. The van der Waals surface area contributed by atoms with Crippen molar-refractivity contribution in [3.63, 3.8) is 0 Å². The molecule has 0 atom stereocenters. The maximum atomic E-state index is 3.97. The maximum Gasteiger partial charge on any atom is 0.0924 e. The van der Waals surface area contributed by atoms with Crippen molar-refractivity contribution in [2.75, 3.05) is 13.1 Å². The first-order valence-electron chi connectivity index (χ1n) is 5.34. The zero-order chi connectivity index (χ0) is 10.2. The number of piperidine rings is 1. The molecule has 1 saturated heterocycles. The molecule has 0 spiro atoms. The number of nitrogens with zero attached hydrogens (tertiary/aromatic N) is 1. The molecule has 1 aliphatic rings. The van der Waals surface area contributed by atoms with Crippen LogP contribution in [0.25, 0.3) is 6.08 Å². The third-order valence-corrected chi connectivity index (χ3v) is 2.08. The summed E-state index contributed by atoms with van der Waals surface area (Å²) in [6.45, 7) is 6.18. The maximum absolute atomic E-state index is 3.97. The predicted octanol–water partition coefficient (Wildman–Crippen LogP) is 2.20. The molecule has 3 heteroatoms. The lowest BCUT2D eigenvalue weighted by atomic mass is 10.1. The lowest BCUT2D eigenvalue weighted by Gasteiger charge is -2.14. The Hall–Kier alpha value is -1.09. The van der Waals surface area contributed by atoms with E-state index in [4.69, 9.17) is 0 Å². The molecule has 14 heavy (non-hydrogen) atoms. The van der Waals surface area contributed by atoms with Crippen molar-refractivity contribution in [1.29, 1.82) is 0 Å². The molecule has 1 aromatic rings. The zero-order valence-electron chi connectivity index (χ0n) is 9.01. The topological polar surface area (TPSA) is 40.7 Å². The van der Waals surface area contributed by atoms with Crippen molar-refractivity contribution in [3.05, 3.63) is 23.8 Å². The van der Waals surface area contributed by atoms with Gasteiger partial charge in [-0.15, -0.1) is 0 Å². The van der Waals surface area contributed by atoms with Crippen LogP contribution in [0, 0.1) is 0 Å². The molecule has 0 aliphatic carbocycles. The first-order chi connectivity index (χ1) is 6.95. The van der Waals surface area contributed by atoms with E-state index in [0.717, 1.165) is 18.8 Å². The summed E-state index contributed by atoms with van der Waals surface area (Å²) in [4.78, 5) is 7.04. The fourth-order valence-corrected chi connectivity index (χ4v) is 1.47. The van der Waals surface area contributed by atoms with Crippen LogP contribution in [0.15, 0.2) is 18.1 Å². The summed E-state index contributed by atoms with van der Waals surface area (Å²) in [5.74, 6) is 0.